The lowest BCUT2D eigenvalue weighted by molar-refractivity contribution is 0.0741. The molecule has 0 aliphatic carbocycles. The van der Waals surface area contributed by atoms with Crippen molar-refractivity contribution in [3.8, 4) is 16.3 Å². The van der Waals surface area contributed by atoms with Gasteiger partial charge in [-0.25, -0.2) is 15.0 Å². The summed E-state index contributed by atoms with van der Waals surface area (Å²) in [6, 6.07) is 9.48. The van der Waals surface area contributed by atoms with Gasteiger partial charge in [0.25, 0.3) is 5.91 Å². The maximum atomic E-state index is 12.8. The van der Waals surface area contributed by atoms with Gasteiger partial charge in [-0.15, -0.1) is 11.3 Å². The molecule has 0 bridgehead atoms. The molecule has 27 heavy (non-hydrogen) atoms. The summed E-state index contributed by atoms with van der Waals surface area (Å²) in [7, 11) is 1.64. The zero-order chi connectivity index (χ0) is 18.6. The Balaban J connectivity index is 1.41. The van der Waals surface area contributed by atoms with Crippen molar-refractivity contribution >= 4 is 23.2 Å². The first kappa shape index (κ1) is 17.4. The fourth-order valence-electron chi connectivity index (χ4n) is 2.96. The average Bonchev–Trinajstić information content (AvgIpc) is 3.24. The number of aromatic nitrogens is 3. The normalized spacial score (nSPS) is 14.3. The average molecular weight is 381 g/mol. The van der Waals surface area contributed by atoms with Crippen LogP contribution in [-0.2, 0) is 0 Å². The summed E-state index contributed by atoms with van der Waals surface area (Å²) in [5.41, 5.74) is 1.47. The number of anilines is 1. The zero-order valence-corrected chi connectivity index (χ0v) is 15.7. The van der Waals surface area contributed by atoms with Gasteiger partial charge in [0, 0.05) is 49.5 Å². The van der Waals surface area contributed by atoms with Crippen molar-refractivity contribution in [1.29, 1.82) is 0 Å². The van der Waals surface area contributed by atoms with Crippen LogP contribution >= 0.6 is 11.3 Å². The molecule has 0 saturated carbocycles. The Morgan fingerprint density at radius 3 is 2.44 bits per heavy atom. The van der Waals surface area contributed by atoms with Crippen LogP contribution in [0.4, 0.5) is 5.95 Å². The van der Waals surface area contributed by atoms with E-state index in [4.69, 9.17) is 4.74 Å². The van der Waals surface area contributed by atoms with E-state index in [9.17, 15) is 4.79 Å². The van der Waals surface area contributed by atoms with Crippen LogP contribution in [0.3, 0.4) is 0 Å². The minimum Gasteiger partial charge on any atom is -0.497 e. The van der Waals surface area contributed by atoms with Crippen molar-refractivity contribution in [2.75, 3.05) is 38.2 Å². The zero-order valence-electron chi connectivity index (χ0n) is 14.9. The summed E-state index contributed by atoms with van der Waals surface area (Å²) >= 11 is 1.48. The van der Waals surface area contributed by atoms with Gasteiger partial charge in [0.1, 0.15) is 16.5 Å². The van der Waals surface area contributed by atoms with Crippen LogP contribution in [0.2, 0.25) is 0 Å². The van der Waals surface area contributed by atoms with Gasteiger partial charge in [0.05, 0.1) is 7.11 Å². The number of benzene rings is 1. The van der Waals surface area contributed by atoms with Gasteiger partial charge >= 0.3 is 0 Å². The number of hydrogen-bond acceptors (Lipinski definition) is 7. The standard InChI is InChI=1S/C19H19N5O2S/c1-26-15-5-3-14(4-6-15)17-22-16(13-27-17)18(25)23-9-11-24(12-10-23)19-20-7-2-8-21-19/h2-8,13H,9-12H2,1H3. The number of ether oxygens (including phenoxy) is 1. The van der Waals surface area contributed by atoms with Crippen LogP contribution in [-0.4, -0.2) is 59.0 Å². The lowest BCUT2D eigenvalue weighted by atomic mass is 10.2. The fraction of sp³-hybridized carbons (Fsp3) is 0.263. The Morgan fingerprint density at radius 1 is 1.07 bits per heavy atom. The van der Waals surface area contributed by atoms with E-state index in [0.717, 1.165) is 16.3 Å². The van der Waals surface area contributed by atoms with Crippen LogP contribution < -0.4 is 9.64 Å². The van der Waals surface area contributed by atoms with Gasteiger partial charge in [0.2, 0.25) is 5.95 Å². The first-order valence-electron chi connectivity index (χ1n) is 8.66. The Bertz CT molecular complexity index is 905. The predicted molar refractivity (Wildman–Crippen MR) is 104 cm³/mol. The maximum Gasteiger partial charge on any atom is 0.273 e. The van der Waals surface area contributed by atoms with E-state index in [0.29, 0.717) is 37.8 Å². The maximum absolute atomic E-state index is 12.8. The summed E-state index contributed by atoms with van der Waals surface area (Å²) in [5, 5.41) is 2.66. The van der Waals surface area contributed by atoms with Gasteiger partial charge in [-0.3, -0.25) is 4.79 Å². The van der Waals surface area contributed by atoms with Crippen molar-refractivity contribution in [1.82, 2.24) is 19.9 Å². The number of rotatable bonds is 4. The highest BCUT2D eigenvalue weighted by molar-refractivity contribution is 7.13. The van der Waals surface area contributed by atoms with Crippen molar-refractivity contribution in [3.05, 3.63) is 53.8 Å². The molecule has 0 radical (unpaired) electrons. The van der Waals surface area contributed by atoms with Gasteiger partial charge in [-0.1, -0.05) is 0 Å². The molecular formula is C19H19N5O2S. The number of thiazole rings is 1. The van der Waals surface area contributed by atoms with Crippen LogP contribution in [0.5, 0.6) is 5.75 Å². The van der Waals surface area contributed by atoms with E-state index >= 15 is 0 Å². The highest BCUT2D eigenvalue weighted by Gasteiger charge is 2.25. The van der Waals surface area contributed by atoms with E-state index in [-0.39, 0.29) is 5.91 Å². The smallest absolute Gasteiger partial charge is 0.273 e. The highest BCUT2D eigenvalue weighted by Crippen LogP contribution is 2.26. The molecule has 0 unspecified atom stereocenters. The second-order valence-electron chi connectivity index (χ2n) is 6.09. The highest BCUT2D eigenvalue weighted by atomic mass is 32.1. The summed E-state index contributed by atoms with van der Waals surface area (Å²) in [6.07, 6.45) is 3.46. The second kappa shape index (κ2) is 7.71. The fourth-order valence-corrected chi connectivity index (χ4v) is 3.76. The molecule has 0 spiro atoms. The molecule has 0 atom stereocenters. The lowest BCUT2D eigenvalue weighted by Crippen LogP contribution is -2.49. The van der Waals surface area contributed by atoms with Crippen molar-refractivity contribution in [2.24, 2.45) is 0 Å². The lowest BCUT2D eigenvalue weighted by Gasteiger charge is -2.34. The van der Waals surface area contributed by atoms with Crippen molar-refractivity contribution in [2.45, 2.75) is 0 Å². The predicted octanol–water partition coefficient (Wildman–Crippen LogP) is 2.57. The molecule has 2 aromatic heterocycles. The molecule has 1 fully saturated rings. The number of nitrogens with zero attached hydrogens (tertiary/aromatic N) is 5. The molecule has 0 N–H and O–H groups in total. The van der Waals surface area contributed by atoms with E-state index < -0.39 is 0 Å². The molecule has 138 valence electrons. The molecule has 1 aliphatic heterocycles. The first-order valence-corrected chi connectivity index (χ1v) is 9.54. The van der Waals surface area contributed by atoms with E-state index in [1.165, 1.54) is 11.3 Å². The van der Waals surface area contributed by atoms with E-state index in [1.807, 2.05) is 34.5 Å². The third-order valence-corrected chi connectivity index (χ3v) is 5.35. The van der Waals surface area contributed by atoms with Crippen LogP contribution in [0.1, 0.15) is 10.5 Å². The van der Waals surface area contributed by atoms with Crippen molar-refractivity contribution < 1.29 is 9.53 Å². The Hall–Kier alpha value is -3.00. The third kappa shape index (κ3) is 3.75. The number of carbonyl (C=O) groups excluding carboxylic acids is 1. The monoisotopic (exact) mass is 381 g/mol. The van der Waals surface area contributed by atoms with Gasteiger partial charge < -0.3 is 14.5 Å². The third-order valence-electron chi connectivity index (χ3n) is 4.46. The van der Waals surface area contributed by atoms with Gasteiger partial charge in [-0.2, -0.15) is 0 Å². The molecule has 8 heteroatoms. The molecule has 3 aromatic rings. The molecule has 4 rings (SSSR count). The molecule has 1 aliphatic rings. The summed E-state index contributed by atoms with van der Waals surface area (Å²) in [5.74, 6) is 1.48. The quantitative estimate of drug-likeness (QED) is 0.692. The molecule has 1 saturated heterocycles. The molecule has 1 aromatic carbocycles. The minimum absolute atomic E-state index is 0.0281. The van der Waals surface area contributed by atoms with Gasteiger partial charge in [-0.05, 0) is 30.3 Å². The van der Waals surface area contributed by atoms with Gasteiger partial charge in [0.15, 0.2) is 0 Å². The van der Waals surface area contributed by atoms with Crippen molar-refractivity contribution in [3.63, 3.8) is 0 Å². The summed E-state index contributed by atoms with van der Waals surface area (Å²) in [4.78, 5) is 29.8. The Labute approximate surface area is 161 Å². The molecular weight excluding hydrogens is 362 g/mol. The number of carbonyl (C=O) groups is 1. The SMILES string of the molecule is COc1ccc(-c2nc(C(=O)N3CCN(c4ncccn4)CC3)cs2)cc1. The largest absolute Gasteiger partial charge is 0.497 e. The number of hydrogen-bond donors (Lipinski definition) is 0. The van der Waals surface area contributed by atoms with Crippen LogP contribution in [0.25, 0.3) is 10.6 Å². The van der Waals surface area contributed by atoms with Crippen LogP contribution in [0, 0.1) is 0 Å². The number of amides is 1. The Morgan fingerprint density at radius 2 is 1.78 bits per heavy atom. The topological polar surface area (TPSA) is 71.5 Å². The molecule has 3 heterocycles. The Kier molecular flexibility index (Phi) is 4.97. The molecule has 1 amide bonds. The number of piperazine rings is 1. The van der Waals surface area contributed by atoms with E-state index in [2.05, 4.69) is 19.9 Å². The summed E-state index contributed by atoms with van der Waals surface area (Å²) < 4.78 is 5.18. The minimum atomic E-state index is -0.0281. The number of methoxy groups -OCH3 is 1. The second-order valence-corrected chi connectivity index (χ2v) is 6.95. The first-order chi connectivity index (χ1) is 13.2. The molecule has 7 nitrogen and oxygen atoms in total. The summed E-state index contributed by atoms with van der Waals surface area (Å²) in [6.45, 7) is 2.69. The van der Waals surface area contributed by atoms with Crippen LogP contribution in [0.15, 0.2) is 48.1 Å². The van der Waals surface area contributed by atoms with E-state index in [1.54, 1.807) is 25.6 Å².